The molecule has 1 heterocycles. The number of carbonyl (C=O) groups excluding carboxylic acids is 3. The zero-order valence-electron chi connectivity index (χ0n) is 17.7. The van der Waals surface area contributed by atoms with E-state index in [1.807, 2.05) is 26.0 Å². The summed E-state index contributed by atoms with van der Waals surface area (Å²) in [7, 11) is 0. The molecule has 0 spiro atoms. The van der Waals surface area contributed by atoms with Gasteiger partial charge in [0.05, 0.1) is 0 Å². The number of nitrogens with zero attached hydrogens (tertiary/aromatic N) is 1. The first-order valence-electron chi connectivity index (χ1n) is 10.3. The Morgan fingerprint density at radius 2 is 1.55 bits per heavy atom. The molecule has 164 valence electrons. The molecule has 0 saturated carbocycles. The summed E-state index contributed by atoms with van der Waals surface area (Å²) in [4.78, 5) is 38.2. The number of halogens is 1. The van der Waals surface area contributed by atoms with Crippen LogP contribution in [0.15, 0.2) is 42.5 Å². The lowest BCUT2D eigenvalue weighted by Gasteiger charge is -2.32. The maximum Gasteiger partial charge on any atom is 0.321 e. The SMILES string of the molecule is Cc1ccc(NC(=O)C(=O)NCC2CCN(C(=O)Nc3ccc(F)cc3)CC2)cc1C. The second kappa shape index (κ2) is 10.1. The van der Waals surface area contributed by atoms with E-state index in [1.54, 1.807) is 11.0 Å². The van der Waals surface area contributed by atoms with E-state index in [1.165, 1.54) is 24.3 Å². The van der Waals surface area contributed by atoms with Crippen molar-refractivity contribution < 1.29 is 18.8 Å². The molecule has 0 aromatic heterocycles. The number of likely N-dealkylation sites (tertiary alicyclic amines) is 1. The summed E-state index contributed by atoms with van der Waals surface area (Å²) in [6.07, 6.45) is 1.44. The molecule has 1 fully saturated rings. The van der Waals surface area contributed by atoms with Crippen LogP contribution in [0.25, 0.3) is 0 Å². The Balaban J connectivity index is 1.39. The van der Waals surface area contributed by atoms with E-state index in [9.17, 15) is 18.8 Å². The molecule has 1 saturated heterocycles. The molecule has 0 unspecified atom stereocenters. The number of piperidine rings is 1. The first-order valence-corrected chi connectivity index (χ1v) is 10.3. The second-order valence-corrected chi connectivity index (χ2v) is 7.83. The second-order valence-electron chi connectivity index (χ2n) is 7.83. The van der Waals surface area contributed by atoms with Gasteiger partial charge in [-0.1, -0.05) is 6.07 Å². The molecule has 31 heavy (non-hydrogen) atoms. The number of anilines is 2. The van der Waals surface area contributed by atoms with Gasteiger partial charge in [0, 0.05) is 31.0 Å². The van der Waals surface area contributed by atoms with Gasteiger partial charge in [0.15, 0.2) is 0 Å². The molecule has 3 N–H and O–H groups in total. The number of urea groups is 1. The number of hydrogen-bond donors (Lipinski definition) is 3. The Bertz CT molecular complexity index is 954. The minimum atomic E-state index is -0.695. The maximum atomic E-state index is 13.0. The van der Waals surface area contributed by atoms with E-state index < -0.39 is 11.8 Å². The van der Waals surface area contributed by atoms with Gasteiger partial charge in [-0.3, -0.25) is 9.59 Å². The molecule has 7 nitrogen and oxygen atoms in total. The lowest BCUT2D eigenvalue weighted by atomic mass is 9.97. The third kappa shape index (κ3) is 6.28. The van der Waals surface area contributed by atoms with Crippen molar-refractivity contribution in [2.75, 3.05) is 30.3 Å². The molecule has 1 aliphatic rings. The average Bonchev–Trinajstić information content (AvgIpc) is 2.76. The van der Waals surface area contributed by atoms with Crippen LogP contribution in [0.3, 0.4) is 0 Å². The van der Waals surface area contributed by atoms with E-state index in [4.69, 9.17) is 0 Å². The first kappa shape index (κ1) is 22.3. The van der Waals surface area contributed by atoms with Gasteiger partial charge in [-0.25, -0.2) is 9.18 Å². The van der Waals surface area contributed by atoms with Gasteiger partial charge in [-0.05, 0) is 80.1 Å². The van der Waals surface area contributed by atoms with E-state index in [2.05, 4.69) is 16.0 Å². The average molecular weight is 426 g/mol. The maximum absolute atomic E-state index is 13.0. The first-order chi connectivity index (χ1) is 14.8. The van der Waals surface area contributed by atoms with Crippen LogP contribution >= 0.6 is 0 Å². The summed E-state index contributed by atoms with van der Waals surface area (Å²) in [5.74, 6) is -1.54. The molecular formula is C23H27FN4O3. The Labute approximate surface area is 181 Å². The Morgan fingerprint density at radius 1 is 0.903 bits per heavy atom. The molecule has 0 atom stereocenters. The third-order valence-corrected chi connectivity index (χ3v) is 5.52. The highest BCUT2D eigenvalue weighted by Gasteiger charge is 2.24. The Kier molecular flexibility index (Phi) is 7.23. The van der Waals surface area contributed by atoms with Crippen molar-refractivity contribution in [1.29, 1.82) is 0 Å². The van der Waals surface area contributed by atoms with Crippen LogP contribution in [0, 0.1) is 25.6 Å². The highest BCUT2D eigenvalue weighted by Crippen LogP contribution is 2.18. The summed E-state index contributed by atoms with van der Waals surface area (Å²) >= 11 is 0. The van der Waals surface area contributed by atoms with Crippen LogP contribution in [0.4, 0.5) is 20.6 Å². The monoisotopic (exact) mass is 426 g/mol. The van der Waals surface area contributed by atoms with Crippen LogP contribution in [0.1, 0.15) is 24.0 Å². The molecule has 8 heteroatoms. The molecule has 3 rings (SSSR count). The summed E-state index contributed by atoms with van der Waals surface area (Å²) in [5.41, 5.74) is 3.27. The van der Waals surface area contributed by atoms with Gasteiger partial charge in [0.1, 0.15) is 5.82 Å². The van der Waals surface area contributed by atoms with Crippen LogP contribution < -0.4 is 16.0 Å². The smallest absolute Gasteiger partial charge is 0.321 e. The zero-order chi connectivity index (χ0) is 22.4. The number of hydrogen-bond acceptors (Lipinski definition) is 3. The van der Waals surface area contributed by atoms with E-state index in [-0.39, 0.29) is 17.8 Å². The van der Waals surface area contributed by atoms with Gasteiger partial charge in [0.25, 0.3) is 0 Å². The van der Waals surface area contributed by atoms with Gasteiger partial charge in [-0.2, -0.15) is 0 Å². The van der Waals surface area contributed by atoms with Gasteiger partial charge in [0.2, 0.25) is 0 Å². The van der Waals surface area contributed by atoms with E-state index in [0.29, 0.717) is 31.0 Å². The third-order valence-electron chi connectivity index (χ3n) is 5.52. The van der Waals surface area contributed by atoms with Crippen LogP contribution in [0.2, 0.25) is 0 Å². The van der Waals surface area contributed by atoms with Gasteiger partial charge >= 0.3 is 17.8 Å². The fourth-order valence-electron chi connectivity index (χ4n) is 3.40. The fourth-order valence-corrected chi connectivity index (χ4v) is 3.40. The topological polar surface area (TPSA) is 90.5 Å². The largest absolute Gasteiger partial charge is 0.348 e. The zero-order valence-corrected chi connectivity index (χ0v) is 17.7. The number of amides is 4. The number of benzene rings is 2. The minimum Gasteiger partial charge on any atom is -0.348 e. The predicted molar refractivity (Wildman–Crippen MR) is 117 cm³/mol. The molecule has 2 aromatic rings. The number of aryl methyl sites for hydroxylation is 2. The highest BCUT2D eigenvalue weighted by atomic mass is 19.1. The van der Waals surface area contributed by atoms with E-state index >= 15 is 0 Å². The number of nitrogens with one attached hydrogen (secondary N) is 3. The van der Waals surface area contributed by atoms with Crippen molar-refractivity contribution in [1.82, 2.24) is 10.2 Å². The summed E-state index contributed by atoms with van der Waals surface area (Å²) < 4.78 is 13.0. The molecular weight excluding hydrogens is 399 g/mol. The summed E-state index contributed by atoms with van der Waals surface area (Å²) in [5, 5.41) is 8.04. The molecule has 2 aromatic carbocycles. The van der Waals surface area contributed by atoms with Crippen molar-refractivity contribution >= 4 is 29.2 Å². The number of rotatable bonds is 4. The van der Waals surface area contributed by atoms with Crippen molar-refractivity contribution in [2.45, 2.75) is 26.7 Å². The predicted octanol–water partition coefficient (Wildman–Crippen LogP) is 3.44. The lowest BCUT2D eigenvalue weighted by molar-refractivity contribution is -0.136. The lowest BCUT2D eigenvalue weighted by Crippen LogP contribution is -2.44. The van der Waals surface area contributed by atoms with E-state index in [0.717, 1.165) is 24.0 Å². The van der Waals surface area contributed by atoms with Crippen molar-refractivity contribution in [3.05, 3.63) is 59.4 Å². The van der Waals surface area contributed by atoms with Gasteiger partial charge < -0.3 is 20.9 Å². The number of carbonyl (C=O) groups is 3. The van der Waals surface area contributed by atoms with Crippen molar-refractivity contribution in [3.63, 3.8) is 0 Å². The van der Waals surface area contributed by atoms with Crippen LogP contribution in [0.5, 0.6) is 0 Å². The normalized spacial score (nSPS) is 14.1. The fraction of sp³-hybridized carbons (Fsp3) is 0.348. The van der Waals surface area contributed by atoms with Crippen molar-refractivity contribution in [3.8, 4) is 0 Å². The Hall–Kier alpha value is -3.42. The highest BCUT2D eigenvalue weighted by molar-refractivity contribution is 6.39. The molecule has 0 aliphatic carbocycles. The summed E-state index contributed by atoms with van der Waals surface area (Å²) in [6.45, 7) is 5.39. The quantitative estimate of drug-likeness (QED) is 0.654. The molecule has 4 amide bonds. The molecule has 1 aliphatic heterocycles. The van der Waals surface area contributed by atoms with Crippen LogP contribution in [-0.4, -0.2) is 42.4 Å². The minimum absolute atomic E-state index is 0.188. The standard InChI is InChI=1S/C23H27FN4O3/c1-15-3-6-20(13-16(15)2)26-22(30)21(29)25-14-17-9-11-28(12-10-17)23(31)27-19-7-4-18(24)5-8-19/h3-8,13,17H,9-12,14H2,1-2H3,(H,25,29)(H,26,30)(H,27,31). The van der Waals surface area contributed by atoms with Crippen molar-refractivity contribution in [2.24, 2.45) is 5.92 Å². The molecule has 0 bridgehead atoms. The summed E-state index contributed by atoms with van der Waals surface area (Å²) in [6, 6.07) is 10.9. The Morgan fingerprint density at radius 3 is 2.19 bits per heavy atom. The van der Waals surface area contributed by atoms with Crippen LogP contribution in [-0.2, 0) is 9.59 Å². The molecule has 0 radical (unpaired) electrons. The van der Waals surface area contributed by atoms with Gasteiger partial charge in [-0.15, -0.1) is 0 Å².